The van der Waals surface area contributed by atoms with Crippen LogP contribution in [-0.2, 0) is 26.0 Å². The van der Waals surface area contributed by atoms with Crippen LogP contribution in [0, 0.1) is 5.92 Å². The summed E-state index contributed by atoms with van der Waals surface area (Å²) in [6.07, 6.45) is 1.44. The van der Waals surface area contributed by atoms with E-state index in [9.17, 15) is 23.0 Å². The van der Waals surface area contributed by atoms with E-state index in [2.05, 4.69) is 15.4 Å². The minimum absolute atomic E-state index is 0.0719. The van der Waals surface area contributed by atoms with E-state index < -0.39 is 27.9 Å². The second-order valence-electron chi connectivity index (χ2n) is 8.49. The monoisotopic (exact) mass is 520 g/mol. The number of benzene rings is 2. The molecule has 2 aromatic carbocycles. The minimum atomic E-state index is -4.28. The van der Waals surface area contributed by atoms with Gasteiger partial charge in [-0.2, -0.15) is 4.72 Å². The number of rotatable bonds is 11. The number of amides is 2. The third kappa shape index (κ3) is 7.20. The first-order valence-corrected chi connectivity index (χ1v) is 13.1. The summed E-state index contributed by atoms with van der Waals surface area (Å²) in [5.74, 6) is -1.21. The molecular weight excluding hydrogens is 493 g/mol. The molecule has 9 nitrogen and oxygen atoms in total. The molecule has 35 heavy (non-hydrogen) atoms. The van der Waals surface area contributed by atoms with Crippen molar-refractivity contribution in [3.63, 3.8) is 0 Å². The van der Waals surface area contributed by atoms with Gasteiger partial charge in [-0.1, -0.05) is 62.2 Å². The Hall–Kier alpha value is -2.60. The second-order valence-corrected chi connectivity index (χ2v) is 10.6. The molecular formula is C23H28BClN3O6S. The average Bonchev–Trinajstić information content (AvgIpc) is 2.82. The summed E-state index contributed by atoms with van der Waals surface area (Å²) in [4.78, 5) is 24.4. The minimum Gasteiger partial charge on any atom is -0.482 e. The average molecular weight is 521 g/mol. The first-order valence-electron chi connectivity index (χ1n) is 11.2. The van der Waals surface area contributed by atoms with Crippen LogP contribution in [0.4, 0.5) is 5.69 Å². The molecule has 1 aliphatic heterocycles. The standard InChI is InChI=1S/C23H28BClN3O6S/c1-3-14(2)9-21(24-31)27-23(30)18(10-15-7-5-4-6-8-15)28-35(32,33)20-12-19-17(11-16(20)25)26-22(29)13-34-19/h4-8,11-12,14,18,21,28,31H,3,9-10,13H2,1-2H3,(H,26,29)(H,27,30). The van der Waals surface area contributed by atoms with Crippen molar-refractivity contribution < 1.29 is 27.8 Å². The topological polar surface area (TPSA) is 134 Å². The lowest BCUT2D eigenvalue weighted by atomic mass is 9.81. The van der Waals surface area contributed by atoms with E-state index >= 15 is 0 Å². The maximum absolute atomic E-state index is 13.3. The van der Waals surface area contributed by atoms with E-state index in [0.29, 0.717) is 6.42 Å². The number of anilines is 1. The zero-order valence-corrected chi connectivity index (χ0v) is 21.0. The summed E-state index contributed by atoms with van der Waals surface area (Å²) in [6.45, 7) is 3.75. The highest BCUT2D eigenvalue weighted by molar-refractivity contribution is 7.89. The molecule has 1 heterocycles. The van der Waals surface area contributed by atoms with Crippen molar-refractivity contribution in [2.45, 2.75) is 50.0 Å². The van der Waals surface area contributed by atoms with Crippen LogP contribution in [0.15, 0.2) is 47.4 Å². The Morgan fingerprint density at radius 1 is 1.29 bits per heavy atom. The van der Waals surface area contributed by atoms with Gasteiger partial charge in [-0.15, -0.1) is 0 Å². The van der Waals surface area contributed by atoms with Crippen molar-refractivity contribution in [2.75, 3.05) is 11.9 Å². The zero-order valence-electron chi connectivity index (χ0n) is 19.5. The number of hydrogen-bond acceptors (Lipinski definition) is 6. The van der Waals surface area contributed by atoms with Crippen molar-refractivity contribution in [1.82, 2.24) is 10.0 Å². The SMILES string of the molecule is CCC(C)CC([B]O)NC(=O)C(Cc1ccccc1)NS(=O)(=O)c1cc2c(cc1Cl)NC(=O)CO2. The van der Waals surface area contributed by atoms with E-state index in [0.717, 1.165) is 19.5 Å². The van der Waals surface area contributed by atoms with Crippen LogP contribution in [0.1, 0.15) is 32.3 Å². The fourth-order valence-electron chi connectivity index (χ4n) is 3.62. The molecule has 0 bridgehead atoms. The number of halogens is 1. The van der Waals surface area contributed by atoms with Gasteiger partial charge < -0.3 is 20.4 Å². The third-order valence-corrected chi connectivity index (χ3v) is 7.65. The Bertz CT molecular complexity index is 1170. The molecule has 0 spiro atoms. The Morgan fingerprint density at radius 2 is 2.00 bits per heavy atom. The van der Waals surface area contributed by atoms with Crippen LogP contribution >= 0.6 is 11.6 Å². The van der Waals surface area contributed by atoms with Crippen LogP contribution in [0.25, 0.3) is 0 Å². The van der Waals surface area contributed by atoms with E-state index in [1.54, 1.807) is 24.3 Å². The van der Waals surface area contributed by atoms with Crippen LogP contribution in [0.2, 0.25) is 5.02 Å². The van der Waals surface area contributed by atoms with Gasteiger partial charge in [0.2, 0.25) is 15.9 Å². The Labute approximate surface area is 210 Å². The van der Waals surface area contributed by atoms with E-state index in [4.69, 9.17) is 16.3 Å². The summed E-state index contributed by atoms with van der Waals surface area (Å²) in [6, 6.07) is 10.3. The Kier molecular flexibility index (Phi) is 9.18. The highest BCUT2D eigenvalue weighted by Crippen LogP contribution is 2.35. The fourth-order valence-corrected chi connectivity index (χ4v) is 5.35. The molecule has 3 rings (SSSR count). The molecule has 0 aliphatic carbocycles. The Morgan fingerprint density at radius 3 is 2.66 bits per heavy atom. The summed E-state index contributed by atoms with van der Waals surface area (Å²) in [7, 11) is -3.37. The lowest BCUT2D eigenvalue weighted by Crippen LogP contribution is -2.52. The number of nitrogens with one attached hydrogen (secondary N) is 3. The van der Waals surface area contributed by atoms with Crippen LogP contribution < -0.4 is 20.1 Å². The molecule has 0 saturated carbocycles. The maximum atomic E-state index is 13.3. The molecule has 0 saturated heterocycles. The lowest BCUT2D eigenvalue weighted by molar-refractivity contribution is -0.123. The highest BCUT2D eigenvalue weighted by Gasteiger charge is 2.31. The van der Waals surface area contributed by atoms with Crippen molar-refractivity contribution in [3.05, 3.63) is 53.1 Å². The summed E-state index contributed by atoms with van der Waals surface area (Å²) < 4.78 is 34.4. The number of carbonyl (C=O) groups is 2. The molecule has 0 fully saturated rings. The van der Waals surface area contributed by atoms with Gasteiger partial charge in [-0.25, -0.2) is 8.42 Å². The van der Waals surface area contributed by atoms with E-state index in [1.165, 1.54) is 12.1 Å². The van der Waals surface area contributed by atoms with E-state index in [1.807, 2.05) is 19.9 Å². The molecule has 12 heteroatoms. The molecule has 1 aliphatic rings. The molecule has 0 aromatic heterocycles. The smallest absolute Gasteiger partial charge is 0.311 e. The zero-order chi connectivity index (χ0) is 25.6. The summed E-state index contributed by atoms with van der Waals surface area (Å²) in [5.41, 5.74) is 1.000. The first kappa shape index (κ1) is 27.0. The molecule has 187 valence electrons. The van der Waals surface area contributed by atoms with Gasteiger partial charge in [-0.3, -0.25) is 9.59 Å². The second kappa shape index (κ2) is 11.9. The molecule has 2 aromatic rings. The van der Waals surface area contributed by atoms with Gasteiger partial charge in [0, 0.05) is 12.0 Å². The first-order chi connectivity index (χ1) is 16.6. The van der Waals surface area contributed by atoms with Gasteiger partial charge in [0.05, 0.1) is 10.7 Å². The van der Waals surface area contributed by atoms with Crippen LogP contribution in [0.3, 0.4) is 0 Å². The fraction of sp³-hybridized carbons (Fsp3) is 0.391. The number of sulfonamides is 1. The van der Waals surface area contributed by atoms with Gasteiger partial charge in [0.15, 0.2) is 6.61 Å². The van der Waals surface area contributed by atoms with Crippen molar-refractivity contribution in [2.24, 2.45) is 5.92 Å². The molecule has 2 amide bonds. The van der Waals surface area contributed by atoms with Gasteiger partial charge >= 0.3 is 7.48 Å². The van der Waals surface area contributed by atoms with Gasteiger partial charge in [0.25, 0.3) is 5.91 Å². The van der Waals surface area contributed by atoms with Gasteiger partial charge in [0.1, 0.15) is 16.7 Å². The molecule has 1 radical (unpaired) electrons. The number of ether oxygens (including phenoxy) is 1. The van der Waals surface area contributed by atoms with Gasteiger partial charge in [-0.05, 0) is 30.4 Å². The number of fused-ring (bicyclic) bond motifs is 1. The van der Waals surface area contributed by atoms with Crippen molar-refractivity contribution in [1.29, 1.82) is 0 Å². The summed E-state index contributed by atoms with van der Waals surface area (Å²) >= 11 is 6.23. The lowest BCUT2D eigenvalue weighted by Gasteiger charge is -2.24. The number of hydrogen-bond donors (Lipinski definition) is 4. The predicted molar refractivity (Wildman–Crippen MR) is 134 cm³/mol. The number of carbonyl (C=O) groups excluding carboxylic acids is 2. The normalized spacial score (nSPS) is 15.7. The largest absolute Gasteiger partial charge is 0.482 e. The van der Waals surface area contributed by atoms with E-state index in [-0.39, 0.29) is 46.2 Å². The van der Waals surface area contributed by atoms with Crippen molar-refractivity contribution in [3.8, 4) is 5.75 Å². The molecule has 3 atom stereocenters. The van der Waals surface area contributed by atoms with Crippen LogP contribution in [0.5, 0.6) is 5.75 Å². The van der Waals surface area contributed by atoms with Crippen molar-refractivity contribution >= 4 is 46.6 Å². The molecule has 4 N–H and O–H groups in total. The summed E-state index contributed by atoms with van der Waals surface area (Å²) in [5, 5.41) is 14.8. The third-order valence-electron chi connectivity index (χ3n) is 5.71. The predicted octanol–water partition coefficient (Wildman–Crippen LogP) is 2.05. The highest BCUT2D eigenvalue weighted by atomic mass is 35.5. The maximum Gasteiger partial charge on any atom is 0.311 e. The van der Waals surface area contributed by atoms with Crippen LogP contribution in [-0.4, -0.2) is 51.3 Å². The molecule has 3 unspecified atom stereocenters. The Balaban J connectivity index is 1.87. The quantitative estimate of drug-likeness (QED) is 0.335.